The molecule has 1 saturated heterocycles. The average Bonchev–Trinajstić information content (AvgIpc) is 3.62. The van der Waals surface area contributed by atoms with Crippen LogP contribution in [0, 0.1) is 17.8 Å². The quantitative estimate of drug-likeness (QED) is 0.135. The molecule has 50 heavy (non-hydrogen) atoms. The number of rotatable bonds is 8. The van der Waals surface area contributed by atoms with Gasteiger partial charge in [0.2, 0.25) is 0 Å². The number of hydrogen-bond acceptors (Lipinski definition) is 13. The van der Waals surface area contributed by atoms with Gasteiger partial charge in [-0.1, -0.05) is 25.9 Å². The van der Waals surface area contributed by atoms with Crippen LogP contribution >= 0.6 is 0 Å². The summed E-state index contributed by atoms with van der Waals surface area (Å²) in [5.74, 6) is -5.05. The minimum absolute atomic E-state index is 0.00423. The van der Waals surface area contributed by atoms with Crippen molar-refractivity contribution < 1.29 is 48.0 Å². The van der Waals surface area contributed by atoms with Gasteiger partial charge in [0.05, 0.1) is 24.4 Å². The minimum atomic E-state index is -1.76. The van der Waals surface area contributed by atoms with Crippen molar-refractivity contribution >= 4 is 23.6 Å². The standard InChI is InChI=1S/C34H52N6O10/c1-11-25-33(6,50-32(45)40-13-12-36-18-40)16-23(17-37-38-35)26(41)19(2)15-34(7,46-10)29(21(4)27(42)22(5)30(44)48-25)49-31-28(43)24(39(8)9)14-20(3)47-31/h12-13,16,18-22,24-25,28-29,31,43H,11,14-15,17H2,1-10H3/b23-16+/t19-,20-,21+,22-,24+,25-,28-,29-,31?,33+,34+/m1/s1. The van der Waals surface area contributed by atoms with Crippen LogP contribution in [-0.2, 0) is 38.1 Å². The van der Waals surface area contributed by atoms with Crippen molar-refractivity contribution in [1.82, 2.24) is 14.5 Å². The zero-order valence-electron chi connectivity index (χ0n) is 30.6. The van der Waals surface area contributed by atoms with Crippen LogP contribution in [0.2, 0.25) is 0 Å². The lowest BCUT2D eigenvalue weighted by Gasteiger charge is -2.46. The number of likely N-dealkylation sites (N-methyl/N-ethyl adjacent to an activating group) is 1. The van der Waals surface area contributed by atoms with Crippen molar-refractivity contribution in [2.45, 2.75) is 116 Å². The van der Waals surface area contributed by atoms with Crippen LogP contribution < -0.4 is 0 Å². The van der Waals surface area contributed by atoms with E-state index in [1.165, 1.54) is 45.8 Å². The number of azide groups is 1. The van der Waals surface area contributed by atoms with Gasteiger partial charge in [0.15, 0.2) is 23.5 Å². The lowest BCUT2D eigenvalue weighted by molar-refractivity contribution is -0.295. The smallest absolute Gasteiger partial charge is 0.420 e. The predicted molar refractivity (Wildman–Crippen MR) is 180 cm³/mol. The molecular weight excluding hydrogens is 652 g/mol. The van der Waals surface area contributed by atoms with E-state index >= 15 is 0 Å². The molecule has 0 radical (unpaired) electrons. The van der Waals surface area contributed by atoms with Gasteiger partial charge in [0.1, 0.15) is 24.5 Å². The molecule has 278 valence electrons. The molecule has 0 aliphatic carbocycles. The first-order valence-electron chi connectivity index (χ1n) is 16.9. The Morgan fingerprint density at radius 3 is 2.46 bits per heavy atom. The van der Waals surface area contributed by atoms with Crippen LogP contribution in [0.4, 0.5) is 4.79 Å². The number of hydrogen-bond donors (Lipinski definition) is 1. The third-order valence-electron chi connectivity index (χ3n) is 9.84. The van der Waals surface area contributed by atoms with E-state index in [-0.39, 0.29) is 30.6 Å². The Balaban J connectivity index is 2.19. The molecule has 2 aliphatic rings. The van der Waals surface area contributed by atoms with E-state index in [1.54, 1.807) is 27.7 Å². The number of cyclic esters (lactones) is 1. The topological polar surface area (TPSA) is 204 Å². The molecule has 3 heterocycles. The van der Waals surface area contributed by atoms with Gasteiger partial charge in [-0.3, -0.25) is 14.4 Å². The third kappa shape index (κ3) is 9.16. The van der Waals surface area contributed by atoms with E-state index in [9.17, 15) is 29.8 Å². The van der Waals surface area contributed by atoms with Crippen molar-refractivity contribution in [2.75, 3.05) is 27.7 Å². The maximum absolute atomic E-state index is 14.2. The Labute approximate surface area is 293 Å². The molecular formula is C34H52N6O10. The fourth-order valence-corrected chi connectivity index (χ4v) is 6.87. The maximum Gasteiger partial charge on any atom is 0.420 e. The molecule has 0 spiro atoms. The first-order valence-corrected chi connectivity index (χ1v) is 16.9. The minimum Gasteiger partial charge on any atom is -0.457 e. The molecule has 1 N–H and O–H groups in total. The molecule has 0 saturated carbocycles. The van der Waals surface area contributed by atoms with Crippen molar-refractivity contribution in [2.24, 2.45) is 22.9 Å². The second-order valence-corrected chi connectivity index (χ2v) is 13.9. The van der Waals surface area contributed by atoms with Crippen molar-refractivity contribution in [3.8, 4) is 0 Å². The number of aliphatic hydroxyl groups excluding tert-OH is 1. The Hall–Kier alpha value is -3.66. The number of aliphatic hydroxyl groups is 1. The van der Waals surface area contributed by atoms with Crippen molar-refractivity contribution in [1.29, 1.82) is 0 Å². The van der Waals surface area contributed by atoms with Gasteiger partial charge in [0, 0.05) is 47.9 Å². The summed E-state index contributed by atoms with van der Waals surface area (Å²) in [4.78, 5) is 63.9. The Morgan fingerprint density at radius 2 is 1.90 bits per heavy atom. The molecule has 1 aromatic rings. The summed E-state index contributed by atoms with van der Waals surface area (Å²) >= 11 is 0. The molecule has 11 atom stereocenters. The first kappa shape index (κ1) is 40.8. The van der Waals surface area contributed by atoms with Crippen LogP contribution in [-0.4, -0.2) is 119 Å². The SMILES string of the molecule is CC[C@H]1OC(=O)[C@H](C)C(=O)[C@H](C)[C@@H](OC2O[C@H](C)C[C@H](N(C)C)[C@H]2O)[C@@](C)(OC)C[C@@H](C)C(=O)/C(CN=[N+]=[N-])=C/[C@]1(C)OC(=O)n1ccnc1. The normalized spacial score (nSPS) is 37.2. The van der Waals surface area contributed by atoms with Crippen LogP contribution in [0.1, 0.15) is 67.7 Å². The van der Waals surface area contributed by atoms with Crippen molar-refractivity contribution in [3.05, 3.63) is 40.8 Å². The Kier molecular flexibility index (Phi) is 13.9. The lowest BCUT2D eigenvalue weighted by atomic mass is 9.76. The lowest BCUT2D eigenvalue weighted by Crippen LogP contribution is -2.59. The fourth-order valence-electron chi connectivity index (χ4n) is 6.87. The highest BCUT2D eigenvalue weighted by molar-refractivity contribution is 6.00. The molecule has 0 aromatic carbocycles. The monoisotopic (exact) mass is 704 g/mol. The van der Waals surface area contributed by atoms with E-state index in [1.807, 2.05) is 25.9 Å². The molecule has 16 nitrogen and oxygen atoms in total. The van der Waals surface area contributed by atoms with Gasteiger partial charge >= 0.3 is 12.1 Å². The molecule has 16 heteroatoms. The van der Waals surface area contributed by atoms with E-state index in [0.717, 1.165) is 4.57 Å². The van der Waals surface area contributed by atoms with Gasteiger partial charge in [-0.05, 0) is 72.7 Å². The number of aromatic nitrogens is 2. The Morgan fingerprint density at radius 1 is 1.22 bits per heavy atom. The number of Topliss-reactive ketones (excluding diaryl/α,β-unsaturated/α-hetero) is 2. The molecule has 2 aliphatic heterocycles. The Bertz CT molecular complexity index is 1450. The third-order valence-corrected chi connectivity index (χ3v) is 9.84. The molecule has 1 aromatic heterocycles. The number of carbonyl (C=O) groups excluding carboxylic acids is 4. The van der Waals surface area contributed by atoms with Crippen LogP contribution in [0.3, 0.4) is 0 Å². The number of methoxy groups -OCH3 is 1. The van der Waals surface area contributed by atoms with Crippen molar-refractivity contribution in [3.63, 3.8) is 0 Å². The van der Waals surface area contributed by atoms with Crippen LogP contribution in [0.25, 0.3) is 10.4 Å². The van der Waals surface area contributed by atoms with Crippen LogP contribution in [0.15, 0.2) is 35.5 Å². The summed E-state index contributed by atoms with van der Waals surface area (Å²) in [5.41, 5.74) is 6.08. The number of imidazole rings is 1. The van der Waals surface area contributed by atoms with Gasteiger partial charge in [-0.15, -0.1) is 0 Å². The molecule has 0 bridgehead atoms. The second-order valence-electron chi connectivity index (χ2n) is 13.9. The zero-order valence-corrected chi connectivity index (χ0v) is 30.6. The summed E-state index contributed by atoms with van der Waals surface area (Å²) in [6.45, 7) is 11.0. The fraction of sp³-hybridized carbons (Fsp3) is 0.735. The summed E-state index contributed by atoms with van der Waals surface area (Å²) < 4.78 is 31.5. The highest BCUT2D eigenvalue weighted by Gasteiger charge is 2.50. The largest absolute Gasteiger partial charge is 0.457 e. The number of nitrogens with zero attached hydrogens (tertiary/aromatic N) is 6. The van der Waals surface area contributed by atoms with E-state index in [4.69, 9.17) is 23.7 Å². The van der Waals surface area contributed by atoms with Crippen LogP contribution in [0.5, 0.6) is 0 Å². The number of carbonyl (C=O) groups is 4. The number of ketones is 2. The van der Waals surface area contributed by atoms with Gasteiger partial charge in [-0.25, -0.2) is 14.3 Å². The van der Waals surface area contributed by atoms with Gasteiger partial charge in [-0.2, -0.15) is 0 Å². The zero-order chi connectivity index (χ0) is 37.6. The molecule has 0 amide bonds. The molecule has 3 rings (SSSR count). The predicted octanol–water partition coefficient (Wildman–Crippen LogP) is 3.85. The summed E-state index contributed by atoms with van der Waals surface area (Å²) in [5, 5.41) is 15.0. The average molecular weight is 705 g/mol. The summed E-state index contributed by atoms with van der Waals surface area (Å²) in [7, 11) is 5.10. The van der Waals surface area contributed by atoms with E-state index in [0.29, 0.717) is 6.42 Å². The van der Waals surface area contributed by atoms with Gasteiger partial charge < -0.3 is 33.7 Å². The first-order chi connectivity index (χ1) is 23.4. The molecule has 1 unspecified atom stereocenters. The van der Waals surface area contributed by atoms with Gasteiger partial charge in [0.25, 0.3) is 0 Å². The maximum atomic E-state index is 14.2. The second kappa shape index (κ2) is 17.0. The highest BCUT2D eigenvalue weighted by Crippen LogP contribution is 2.38. The van der Waals surface area contributed by atoms with E-state index < -0.39 is 83.7 Å². The van der Waals surface area contributed by atoms with E-state index in [2.05, 4.69) is 15.0 Å². The summed E-state index contributed by atoms with van der Waals surface area (Å²) in [6, 6.07) is -0.312. The number of ether oxygens (including phenoxy) is 5. The summed E-state index contributed by atoms with van der Waals surface area (Å²) in [6.07, 6.45) is 0.246. The highest BCUT2D eigenvalue weighted by atomic mass is 16.7. The number of esters is 1. The molecule has 1 fully saturated rings.